The first-order chi connectivity index (χ1) is 13.9. The molecule has 2 aromatic heterocycles. The summed E-state index contributed by atoms with van der Waals surface area (Å²) >= 11 is 1.21. The molecule has 9 heteroatoms. The number of phenols is 1. The molecule has 4 atom stereocenters. The molecule has 2 saturated heterocycles. The number of hydrogen-bond acceptors (Lipinski definition) is 7. The van der Waals surface area contributed by atoms with Crippen LogP contribution in [0.4, 0.5) is 4.39 Å². The predicted molar refractivity (Wildman–Crippen MR) is 108 cm³/mol. The minimum absolute atomic E-state index is 0.0927. The van der Waals surface area contributed by atoms with Crippen LogP contribution in [-0.4, -0.2) is 49.9 Å². The molecule has 152 valence electrons. The molecule has 3 fully saturated rings. The average Bonchev–Trinajstić information content (AvgIpc) is 3.39. The number of fused-ring (bicyclic) bond motifs is 3. The molecular formula is C20H22FN5O2S. The van der Waals surface area contributed by atoms with Gasteiger partial charge in [0, 0.05) is 23.7 Å². The van der Waals surface area contributed by atoms with E-state index in [0.717, 1.165) is 30.5 Å². The fourth-order valence-corrected chi connectivity index (χ4v) is 5.03. The van der Waals surface area contributed by atoms with Crippen molar-refractivity contribution in [2.75, 3.05) is 6.54 Å². The van der Waals surface area contributed by atoms with Crippen LogP contribution < -0.4 is 10.1 Å². The summed E-state index contributed by atoms with van der Waals surface area (Å²) < 4.78 is 21.2. The number of nitrogens with one attached hydrogen (secondary N) is 2. The van der Waals surface area contributed by atoms with Crippen molar-refractivity contribution in [1.82, 2.24) is 25.7 Å². The smallest absolute Gasteiger partial charge is 0.294 e. The highest BCUT2D eigenvalue weighted by Gasteiger charge is 2.58. The average molecular weight is 415 g/mol. The van der Waals surface area contributed by atoms with Gasteiger partial charge in [0.2, 0.25) is 0 Å². The Labute approximate surface area is 171 Å². The molecule has 1 saturated carbocycles. The number of halogens is 1. The Morgan fingerprint density at radius 3 is 2.79 bits per heavy atom. The number of aromatic hydroxyl groups is 1. The highest BCUT2D eigenvalue weighted by atomic mass is 32.1. The monoisotopic (exact) mass is 415 g/mol. The first kappa shape index (κ1) is 18.5. The van der Waals surface area contributed by atoms with Crippen molar-refractivity contribution in [1.29, 1.82) is 0 Å². The fourth-order valence-electron chi connectivity index (χ4n) is 4.27. The zero-order valence-electron chi connectivity index (χ0n) is 16.1. The summed E-state index contributed by atoms with van der Waals surface area (Å²) in [7, 11) is 0. The molecule has 1 aromatic carbocycles. The van der Waals surface area contributed by atoms with E-state index >= 15 is 4.39 Å². The van der Waals surface area contributed by atoms with Gasteiger partial charge in [-0.1, -0.05) is 29.4 Å². The van der Waals surface area contributed by atoms with Gasteiger partial charge in [-0.2, -0.15) is 5.10 Å². The van der Waals surface area contributed by atoms with Crippen LogP contribution in [0.3, 0.4) is 0 Å². The molecule has 0 radical (unpaired) electrons. The van der Waals surface area contributed by atoms with Gasteiger partial charge in [-0.3, -0.25) is 5.10 Å². The van der Waals surface area contributed by atoms with E-state index in [4.69, 9.17) is 4.74 Å². The first-order valence-corrected chi connectivity index (χ1v) is 10.4. The van der Waals surface area contributed by atoms with Gasteiger partial charge in [0.15, 0.2) is 11.2 Å². The summed E-state index contributed by atoms with van der Waals surface area (Å²) in [6.07, 6.45) is 3.45. The third-order valence-electron chi connectivity index (χ3n) is 6.37. The highest BCUT2D eigenvalue weighted by Crippen LogP contribution is 2.48. The number of hydrogen-bond donors (Lipinski definition) is 3. The molecule has 7 nitrogen and oxygen atoms in total. The lowest BCUT2D eigenvalue weighted by molar-refractivity contribution is -0.118. The molecule has 2 bridgehead atoms. The van der Waals surface area contributed by atoms with E-state index in [1.807, 2.05) is 13.0 Å². The normalized spacial score (nSPS) is 31.1. The Morgan fingerprint density at radius 2 is 2.10 bits per heavy atom. The highest BCUT2D eigenvalue weighted by molar-refractivity contribution is 7.16. The lowest BCUT2D eigenvalue weighted by atomic mass is 9.61. The minimum atomic E-state index is -1.12. The maximum absolute atomic E-state index is 15.2. The molecule has 3 N–H and O–H groups in total. The van der Waals surface area contributed by atoms with Crippen molar-refractivity contribution in [3.8, 4) is 32.6 Å². The molecule has 29 heavy (non-hydrogen) atoms. The van der Waals surface area contributed by atoms with Gasteiger partial charge >= 0.3 is 0 Å². The number of phenolic OH excluding ortho intramolecular Hbond substituents is 1. The standard InChI is InChI=1S/C20H22FN5O2S/c1-19-5-6-20(2,22-10-19)15(21)16(19)28-18-26-25-17(29-18)13-4-3-11(7-14(13)27)12-8-23-24-9-12/h3-4,7-9,15-16,22,27H,5-6,10H2,1-2H3,(H,23,24)/t15?,16-,19+,20+/m0/s1. The summed E-state index contributed by atoms with van der Waals surface area (Å²) in [6.45, 7) is 4.69. The second-order valence-electron chi connectivity index (χ2n) is 8.46. The van der Waals surface area contributed by atoms with Gasteiger partial charge < -0.3 is 15.2 Å². The topological polar surface area (TPSA) is 96.0 Å². The zero-order valence-corrected chi connectivity index (χ0v) is 17.0. The van der Waals surface area contributed by atoms with E-state index in [-0.39, 0.29) is 11.2 Å². The Balaban J connectivity index is 1.39. The lowest BCUT2D eigenvalue weighted by Crippen LogP contribution is -2.72. The lowest BCUT2D eigenvalue weighted by Gasteiger charge is -2.56. The number of benzene rings is 1. The van der Waals surface area contributed by atoms with Crippen LogP contribution >= 0.6 is 11.3 Å². The molecule has 2 aliphatic heterocycles. The molecule has 4 heterocycles. The van der Waals surface area contributed by atoms with Gasteiger partial charge in [0.25, 0.3) is 5.19 Å². The van der Waals surface area contributed by atoms with E-state index in [1.165, 1.54) is 11.3 Å². The summed E-state index contributed by atoms with van der Waals surface area (Å²) in [5.74, 6) is 0.0927. The van der Waals surface area contributed by atoms with Crippen LogP contribution in [0.2, 0.25) is 0 Å². The van der Waals surface area contributed by atoms with Crippen LogP contribution in [0.5, 0.6) is 10.9 Å². The van der Waals surface area contributed by atoms with Crippen LogP contribution in [0.25, 0.3) is 21.7 Å². The Morgan fingerprint density at radius 1 is 1.24 bits per heavy atom. The fraction of sp³-hybridized carbons (Fsp3) is 0.450. The summed E-state index contributed by atoms with van der Waals surface area (Å²) in [5, 5.41) is 29.6. The van der Waals surface area contributed by atoms with Crippen molar-refractivity contribution in [2.24, 2.45) is 5.41 Å². The zero-order chi connectivity index (χ0) is 20.2. The summed E-state index contributed by atoms with van der Waals surface area (Å²) in [4.78, 5) is 0. The van der Waals surface area contributed by atoms with Crippen molar-refractivity contribution >= 4 is 11.3 Å². The first-order valence-electron chi connectivity index (χ1n) is 9.60. The van der Waals surface area contributed by atoms with Crippen molar-refractivity contribution in [3.05, 3.63) is 30.6 Å². The SMILES string of the molecule is C[C@@]12CC[C@@](C)(NC1)C(F)[C@@H]2Oc1nnc(-c2ccc(-c3cn[nH]c3)cc2O)s1. The number of rotatable bonds is 4. The number of piperidine rings is 2. The molecule has 6 rings (SSSR count). The second-order valence-corrected chi connectivity index (χ2v) is 9.40. The largest absolute Gasteiger partial charge is 0.507 e. The predicted octanol–water partition coefficient (Wildman–Crippen LogP) is 3.55. The number of aromatic nitrogens is 4. The third kappa shape index (κ3) is 3.00. The Kier molecular flexibility index (Phi) is 4.15. The molecule has 3 aliphatic rings. The molecule has 0 spiro atoms. The van der Waals surface area contributed by atoms with Gasteiger partial charge in [-0.15, -0.1) is 5.10 Å². The molecule has 1 unspecified atom stereocenters. The van der Waals surface area contributed by atoms with Crippen molar-refractivity contribution in [3.63, 3.8) is 0 Å². The quantitative estimate of drug-likeness (QED) is 0.603. The van der Waals surface area contributed by atoms with Crippen LogP contribution in [0.1, 0.15) is 26.7 Å². The van der Waals surface area contributed by atoms with Gasteiger partial charge in [0.05, 0.1) is 17.3 Å². The number of alkyl halides is 1. The van der Waals surface area contributed by atoms with E-state index in [0.29, 0.717) is 15.8 Å². The molecular weight excluding hydrogens is 393 g/mol. The molecule has 1 aliphatic carbocycles. The van der Waals surface area contributed by atoms with Gasteiger partial charge in [0.1, 0.15) is 11.9 Å². The number of aromatic amines is 1. The third-order valence-corrected chi connectivity index (χ3v) is 7.21. The molecule has 0 amide bonds. The summed E-state index contributed by atoms with van der Waals surface area (Å²) in [6, 6.07) is 5.33. The van der Waals surface area contributed by atoms with Crippen molar-refractivity contribution in [2.45, 2.75) is 44.5 Å². The Hall–Kier alpha value is -2.52. The van der Waals surface area contributed by atoms with E-state index in [2.05, 4.69) is 32.6 Å². The van der Waals surface area contributed by atoms with E-state index in [1.54, 1.807) is 24.5 Å². The summed E-state index contributed by atoms with van der Waals surface area (Å²) in [5.41, 5.74) is 1.44. The van der Waals surface area contributed by atoms with Crippen LogP contribution in [-0.2, 0) is 0 Å². The number of ether oxygens (including phenoxy) is 1. The van der Waals surface area contributed by atoms with E-state index in [9.17, 15) is 5.11 Å². The number of H-pyrrole nitrogens is 1. The minimum Gasteiger partial charge on any atom is -0.507 e. The molecule has 3 aromatic rings. The Bertz CT molecular complexity index is 1030. The van der Waals surface area contributed by atoms with Gasteiger partial charge in [-0.25, -0.2) is 4.39 Å². The van der Waals surface area contributed by atoms with E-state index < -0.39 is 17.8 Å². The second kappa shape index (κ2) is 6.50. The van der Waals surface area contributed by atoms with Crippen LogP contribution in [0.15, 0.2) is 30.6 Å². The van der Waals surface area contributed by atoms with Crippen molar-refractivity contribution < 1.29 is 14.2 Å². The van der Waals surface area contributed by atoms with Gasteiger partial charge in [-0.05, 0) is 37.5 Å². The maximum atomic E-state index is 15.2. The number of nitrogens with zero attached hydrogens (tertiary/aromatic N) is 3. The van der Waals surface area contributed by atoms with Crippen LogP contribution in [0, 0.1) is 5.41 Å². The maximum Gasteiger partial charge on any atom is 0.294 e.